The van der Waals surface area contributed by atoms with Gasteiger partial charge >= 0.3 is 0 Å². The van der Waals surface area contributed by atoms with Gasteiger partial charge in [0.15, 0.2) is 0 Å². The minimum atomic E-state index is 0.451. The zero-order valence-corrected chi connectivity index (χ0v) is 14.3. The van der Waals surface area contributed by atoms with E-state index in [0.29, 0.717) is 21.8 Å². The molecule has 7 heteroatoms. The van der Waals surface area contributed by atoms with Crippen LogP contribution < -0.4 is 15.4 Å². The van der Waals surface area contributed by atoms with Crippen LogP contribution in [0.1, 0.15) is 0 Å². The molecular formula is C17H14Cl2N4O. The number of ether oxygens (including phenoxy) is 1. The van der Waals surface area contributed by atoms with Crippen molar-refractivity contribution < 1.29 is 4.74 Å². The lowest BCUT2D eigenvalue weighted by Crippen LogP contribution is -2.00. The molecular weight excluding hydrogens is 347 g/mol. The highest BCUT2D eigenvalue weighted by molar-refractivity contribution is 6.42. The van der Waals surface area contributed by atoms with Gasteiger partial charge in [0, 0.05) is 17.6 Å². The Labute approximate surface area is 149 Å². The number of benzene rings is 2. The Hall–Kier alpha value is -2.50. The van der Waals surface area contributed by atoms with Crippen LogP contribution in [0.5, 0.6) is 5.75 Å². The molecule has 0 aliphatic carbocycles. The summed E-state index contributed by atoms with van der Waals surface area (Å²) in [5.41, 5.74) is 1.65. The smallest absolute Gasteiger partial charge is 0.229 e. The van der Waals surface area contributed by atoms with E-state index in [1.807, 2.05) is 24.3 Å². The summed E-state index contributed by atoms with van der Waals surface area (Å²) in [4.78, 5) is 8.61. The predicted molar refractivity (Wildman–Crippen MR) is 98.1 cm³/mol. The SMILES string of the molecule is COc1ccc(Nc2ccnc(Nc3ccc(Cl)c(Cl)c3)n2)cc1. The van der Waals surface area contributed by atoms with Gasteiger partial charge in [0.1, 0.15) is 11.6 Å². The van der Waals surface area contributed by atoms with E-state index >= 15 is 0 Å². The number of methoxy groups -OCH3 is 1. The third kappa shape index (κ3) is 4.07. The fourth-order valence-corrected chi connectivity index (χ4v) is 2.31. The van der Waals surface area contributed by atoms with Gasteiger partial charge in [0.25, 0.3) is 0 Å². The highest BCUT2D eigenvalue weighted by atomic mass is 35.5. The molecule has 0 unspecified atom stereocenters. The van der Waals surface area contributed by atoms with Crippen molar-refractivity contribution in [3.8, 4) is 5.75 Å². The van der Waals surface area contributed by atoms with Crippen molar-refractivity contribution in [2.45, 2.75) is 0 Å². The first-order chi connectivity index (χ1) is 11.6. The molecule has 0 radical (unpaired) electrons. The first-order valence-electron chi connectivity index (χ1n) is 7.10. The normalized spacial score (nSPS) is 10.3. The molecule has 122 valence electrons. The van der Waals surface area contributed by atoms with Gasteiger partial charge < -0.3 is 15.4 Å². The molecule has 1 aromatic heterocycles. The van der Waals surface area contributed by atoms with Gasteiger partial charge in [-0.1, -0.05) is 23.2 Å². The molecule has 0 bridgehead atoms. The van der Waals surface area contributed by atoms with Crippen LogP contribution in [0, 0.1) is 0 Å². The molecule has 24 heavy (non-hydrogen) atoms. The third-order valence-electron chi connectivity index (χ3n) is 3.19. The Morgan fingerprint density at radius 2 is 1.62 bits per heavy atom. The average molecular weight is 361 g/mol. The summed E-state index contributed by atoms with van der Waals surface area (Å²) in [6, 6.07) is 14.6. The summed E-state index contributed by atoms with van der Waals surface area (Å²) in [5.74, 6) is 1.91. The van der Waals surface area contributed by atoms with Crippen molar-refractivity contribution in [3.05, 3.63) is 64.8 Å². The Kier molecular flexibility index (Phi) is 5.03. The van der Waals surface area contributed by atoms with E-state index in [1.54, 1.807) is 37.6 Å². The molecule has 0 saturated carbocycles. The summed E-state index contributed by atoms with van der Waals surface area (Å²) < 4.78 is 5.14. The van der Waals surface area contributed by atoms with Crippen LogP contribution in [0.15, 0.2) is 54.7 Å². The number of hydrogen-bond acceptors (Lipinski definition) is 5. The quantitative estimate of drug-likeness (QED) is 0.648. The number of hydrogen-bond donors (Lipinski definition) is 2. The zero-order valence-electron chi connectivity index (χ0n) is 12.8. The van der Waals surface area contributed by atoms with Crippen LogP contribution in [-0.4, -0.2) is 17.1 Å². The number of nitrogens with zero attached hydrogens (tertiary/aromatic N) is 2. The fourth-order valence-electron chi connectivity index (χ4n) is 2.01. The summed E-state index contributed by atoms with van der Waals surface area (Å²) in [6.07, 6.45) is 1.67. The molecule has 0 spiro atoms. The molecule has 0 aliphatic heterocycles. The second kappa shape index (κ2) is 7.38. The van der Waals surface area contributed by atoms with Crippen molar-refractivity contribution in [3.63, 3.8) is 0 Å². The van der Waals surface area contributed by atoms with Gasteiger partial charge in [0.05, 0.1) is 17.2 Å². The largest absolute Gasteiger partial charge is 0.497 e. The number of anilines is 4. The third-order valence-corrected chi connectivity index (χ3v) is 3.93. The minimum Gasteiger partial charge on any atom is -0.497 e. The van der Waals surface area contributed by atoms with Crippen LogP contribution in [0.2, 0.25) is 10.0 Å². The number of halogens is 2. The molecule has 0 atom stereocenters. The second-order valence-electron chi connectivity index (χ2n) is 4.87. The number of rotatable bonds is 5. The monoisotopic (exact) mass is 360 g/mol. The van der Waals surface area contributed by atoms with Crippen molar-refractivity contribution in [2.24, 2.45) is 0 Å². The molecule has 2 N–H and O–H groups in total. The maximum Gasteiger partial charge on any atom is 0.229 e. The van der Waals surface area contributed by atoms with Gasteiger partial charge in [-0.15, -0.1) is 0 Å². The molecule has 5 nitrogen and oxygen atoms in total. The van der Waals surface area contributed by atoms with E-state index in [0.717, 1.165) is 17.1 Å². The molecule has 0 fully saturated rings. The summed E-state index contributed by atoms with van der Waals surface area (Å²) in [7, 11) is 1.63. The lowest BCUT2D eigenvalue weighted by molar-refractivity contribution is 0.415. The molecule has 0 amide bonds. The number of nitrogens with one attached hydrogen (secondary N) is 2. The van der Waals surface area contributed by atoms with E-state index in [1.165, 1.54) is 0 Å². The Morgan fingerprint density at radius 1 is 0.875 bits per heavy atom. The highest BCUT2D eigenvalue weighted by Gasteiger charge is 2.03. The van der Waals surface area contributed by atoms with Crippen LogP contribution in [0.25, 0.3) is 0 Å². The van der Waals surface area contributed by atoms with Crippen molar-refractivity contribution >= 4 is 46.3 Å². The van der Waals surface area contributed by atoms with Crippen LogP contribution in [0.4, 0.5) is 23.1 Å². The van der Waals surface area contributed by atoms with Crippen LogP contribution in [-0.2, 0) is 0 Å². The summed E-state index contributed by atoms with van der Waals surface area (Å²) >= 11 is 11.9. The molecule has 3 rings (SSSR count). The van der Waals surface area contributed by atoms with Crippen LogP contribution in [0.3, 0.4) is 0 Å². The maximum absolute atomic E-state index is 6.01. The molecule has 1 heterocycles. The van der Waals surface area contributed by atoms with E-state index in [-0.39, 0.29) is 0 Å². The van der Waals surface area contributed by atoms with Gasteiger partial charge in [0.2, 0.25) is 5.95 Å². The topological polar surface area (TPSA) is 59.1 Å². The molecule has 0 saturated heterocycles. The highest BCUT2D eigenvalue weighted by Crippen LogP contribution is 2.26. The fraction of sp³-hybridized carbons (Fsp3) is 0.0588. The number of aromatic nitrogens is 2. The Morgan fingerprint density at radius 3 is 2.33 bits per heavy atom. The van der Waals surface area contributed by atoms with E-state index in [9.17, 15) is 0 Å². The molecule has 0 aliphatic rings. The lowest BCUT2D eigenvalue weighted by atomic mass is 10.3. The molecule has 3 aromatic rings. The van der Waals surface area contributed by atoms with Gasteiger partial charge in [-0.3, -0.25) is 0 Å². The Bertz CT molecular complexity index is 840. The summed E-state index contributed by atoms with van der Waals surface area (Å²) in [5, 5.41) is 7.26. The maximum atomic E-state index is 6.01. The van der Waals surface area contributed by atoms with Gasteiger partial charge in [-0.05, 0) is 48.5 Å². The minimum absolute atomic E-state index is 0.451. The van der Waals surface area contributed by atoms with E-state index < -0.39 is 0 Å². The summed E-state index contributed by atoms with van der Waals surface area (Å²) in [6.45, 7) is 0. The van der Waals surface area contributed by atoms with E-state index in [2.05, 4.69) is 20.6 Å². The van der Waals surface area contributed by atoms with Gasteiger partial charge in [-0.25, -0.2) is 4.98 Å². The van der Waals surface area contributed by atoms with E-state index in [4.69, 9.17) is 27.9 Å². The molecule has 2 aromatic carbocycles. The zero-order chi connectivity index (χ0) is 16.9. The lowest BCUT2D eigenvalue weighted by Gasteiger charge is -2.09. The first-order valence-corrected chi connectivity index (χ1v) is 7.86. The second-order valence-corrected chi connectivity index (χ2v) is 5.69. The predicted octanol–water partition coefficient (Wildman–Crippen LogP) is 5.28. The van der Waals surface area contributed by atoms with Gasteiger partial charge in [-0.2, -0.15) is 4.98 Å². The van der Waals surface area contributed by atoms with Crippen molar-refractivity contribution in [1.29, 1.82) is 0 Å². The average Bonchev–Trinajstić information content (AvgIpc) is 2.59. The standard InChI is InChI=1S/C17H14Cl2N4O/c1-24-13-5-2-11(3-6-13)21-16-8-9-20-17(23-16)22-12-4-7-14(18)15(19)10-12/h2-10H,1H3,(H2,20,21,22,23). The Balaban J connectivity index is 1.74. The van der Waals surface area contributed by atoms with Crippen molar-refractivity contribution in [1.82, 2.24) is 9.97 Å². The first kappa shape index (κ1) is 16.4. The van der Waals surface area contributed by atoms with Crippen LogP contribution >= 0.6 is 23.2 Å². The van der Waals surface area contributed by atoms with Crippen molar-refractivity contribution in [2.75, 3.05) is 17.7 Å².